The Hall–Kier alpha value is -3.02. The smallest absolute Gasteiger partial charge is 0.276 e. The number of hydrogen-bond donors (Lipinski definition) is 1. The van der Waals surface area contributed by atoms with Crippen LogP contribution in [0, 0.1) is 5.82 Å². The lowest BCUT2D eigenvalue weighted by molar-refractivity contribution is 0.0924. The molecule has 26 heavy (non-hydrogen) atoms. The Morgan fingerprint density at radius 2 is 2.08 bits per heavy atom. The Balaban J connectivity index is 1.72. The molecular formula is C20H18FN3O2. The maximum Gasteiger partial charge on any atom is 0.276 e. The third-order valence-electron chi connectivity index (χ3n) is 4.91. The number of aryl methyl sites for hydroxylation is 2. The number of hydrogen-bond acceptors (Lipinski definition) is 3. The summed E-state index contributed by atoms with van der Waals surface area (Å²) in [6.45, 7) is 0. The van der Waals surface area contributed by atoms with Gasteiger partial charge in [0.05, 0.1) is 16.9 Å². The van der Waals surface area contributed by atoms with Gasteiger partial charge < -0.3 is 5.32 Å². The molecular weight excluding hydrogens is 333 g/mol. The highest BCUT2D eigenvalue weighted by molar-refractivity contribution is 5.95. The minimum absolute atomic E-state index is 0.150. The lowest BCUT2D eigenvalue weighted by Gasteiger charge is -2.26. The number of aromatic nitrogens is 2. The molecule has 1 aliphatic rings. The molecule has 1 aliphatic carbocycles. The van der Waals surface area contributed by atoms with E-state index in [2.05, 4.69) is 16.5 Å². The van der Waals surface area contributed by atoms with E-state index in [1.54, 1.807) is 7.05 Å². The van der Waals surface area contributed by atoms with Gasteiger partial charge in [0.25, 0.3) is 5.91 Å². The van der Waals surface area contributed by atoms with Crippen LogP contribution in [-0.4, -0.2) is 15.7 Å². The van der Waals surface area contributed by atoms with Crippen molar-refractivity contribution in [2.24, 2.45) is 7.05 Å². The SMILES string of the molecule is Cn1nc(C(=O)NC2CCCc3ccccc32)c(=O)c2cc(F)ccc21. The molecule has 132 valence electrons. The van der Waals surface area contributed by atoms with Crippen molar-refractivity contribution in [3.63, 3.8) is 0 Å². The maximum absolute atomic E-state index is 13.6. The van der Waals surface area contributed by atoms with Crippen LogP contribution in [0.15, 0.2) is 47.3 Å². The van der Waals surface area contributed by atoms with Crippen molar-refractivity contribution in [3.8, 4) is 0 Å². The molecule has 1 atom stereocenters. The Labute approximate surface area is 149 Å². The number of nitrogens with one attached hydrogen (secondary N) is 1. The van der Waals surface area contributed by atoms with Gasteiger partial charge in [-0.2, -0.15) is 5.10 Å². The standard InChI is InChI=1S/C20H18FN3O2/c1-24-17-10-9-13(21)11-15(17)19(25)18(23-24)20(26)22-16-8-4-6-12-5-2-3-7-14(12)16/h2-3,5,7,9-11,16H,4,6,8H2,1H3,(H,22,26). The van der Waals surface area contributed by atoms with E-state index in [0.29, 0.717) is 5.52 Å². The number of halogens is 1. The van der Waals surface area contributed by atoms with Crippen molar-refractivity contribution >= 4 is 16.8 Å². The highest BCUT2D eigenvalue weighted by Crippen LogP contribution is 2.29. The van der Waals surface area contributed by atoms with Crippen LogP contribution >= 0.6 is 0 Å². The van der Waals surface area contributed by atoms with Crippen LogP contribution in [0.4, 0.5) is 4.39 Å². The van der Waals surface area contributed by atoms with E-state index in [4.69, 9.17) is 0 Å². The number of fused-ring (bicyclic) bond motifs is 2. The molecule has 0 bridgehead atoms. The molecule has 1 aromatic heterocycles. The fourth-order valence-corrected chi connectivity index (χ4v) is 3.63. The topological polar surface area (TPSA) is 64.0 Å². The normalized spacial score (nSPS) is 16.3. The number of amides is 1. The van der Waals surface area contributed by atoms with Crippen molar-refractivity contribution in [3.05, 3.63) is 75.3 Å². The van der Waals surface area contributed by atoms with E-state index in [1.165, 1.54) is 22.4 Å². The van der Waals surface area contributed by atoms with Gasteiger partial charge in [-0.3, -0.25) is 14.3 Å². The van der Waals surface area contributed by atoms with Crippen molar-refractivity contribution < 1.29 is 9.18 Å². The summed E-state index contributed by atoms with van der Waals surface area (Å²) in [5.41, 5.74) is 2.00. The first kappa shape index (κ1) is 16.4. The summed E-state index contributed by atoms with van der Waals surface area (Å²) in [6.07, 6.45) is 2.76. The second kappa shape index (κ2) is 6.37. The first-order valence-electron chi connectivity index (χ1n) is 8.60. The van der Waals surface area contributed by atoms with Crippen molar-refractivity contribution in [1.29, 1.82) is 0 Å². The molecule has 1 N–H and O–H groups in total. The van der Waals surface area contributed by atoms with Crippen LogP contribution in [-0.2, 0) is 13.5 Å². The zero-order valence-electron chi connectivity index (χ0n) is 14.3. The first-order chi connectivity index (χ1) is 12.5. The van der Waals surface area contributed by atoms with E-state index in [-0.39, 0.29) is 17.1 Å². The summed E-state index contributed by atoms with van der Waals surface area (Å²) < 4.78 is 15.0. The third kappa shape index (κ3) is 2.77. The Morgan fingerprint density at radius 3 is 2.92 bits per heavy atom. The molecule has 0 spiro atoms. The van der Waals surface area contributed by atoms with Crippen molar-refractivity contribution in [1.82, 2.24) is 15.1 Å². The van der Waals surface area contributed by atoms with Gasteiger partial charge in [0, 0.05) is 7.05 Å². The van der Waals surface area contributed by atoms with Crippen molar-refractivity contribution in [2.75, 3.05) is 0 Å². The van der Waals surface area contributed by atoms with Crippen LogP contribution in [0.2, 0.25) is 0 Å². The molecule has 1 unspecified atom stereocenters. The monoisotopic (exact) mass is 351 g/mol. The summed E-state index contributed by atoms with van der Waals surface area (Å²) in [6, 6.07) is 11.7. The Kier molecular flexibility index (Phi) is 4.03. The number of carbonyl (C=O) groups is 1. The predicted octanol–water partition coefficient (Wildman–Crippen LogP) is 2.88. The summed E-state index contributed by atoms with van der Waals surface area (Å²) in [4.78, 5) is 25.4. The largest absolute Gasteiger partial charge is 0.344 e. The second-order valence-electron chi connectivity index (χ2n) is 6.58. The highest BCUT2D eigenvalue weighted by atomic mass is 19.1. The molecule has 0 radical (unpaired) electrons. The molecule has 0 saturated carbocycles. The predicted molar refractivity (Wildman–Crippen MR) is 96.5 cm³/mol. The second-order valence-corrected chi connectivity index (χ2v) is 6.58. The third-order valence-corrected chi connectivity index (χ3v) is 4.91. The van der Waals surface area contributed by atoms with Crippen LogP contribution in [0.5, 0.6) is 0 Å². The lowest BCUT2D eigenvalue weighted by Crippen LogP contribution is -2.35. The van der Waals surface area contributed by atoms with Gasteiger partial charge in [-0.25, -0.2) is 4.39 Å². The number of benzene rings is 2. The number of rotatable bonds is 2. The summed E-state index contributed by atoms with van der Waals surface area (Å²) in [7, 11) is 1.63. The van der Waals surface area contributed by atoms with Gasteiger partial charge in [-0.15, -0.1) is 0 Å². The molecule has 0 saturated heterocycles. The fraction of sp³-hybridized carbons (Fsp3) is 0.250. The fourth-order valence-electron chi connectivity index (χ4n) is 3.63. The Morgan fingerprint density at radius 1 is 1.27 bits per heavy atom. The molecule has 0 fully saturated rings. The minimum atomic E-state index is -0.556. The lowest BCUT2D eigenvalue weighted by atomic mass is 9.87. The average molecular weight is 351 g/mol. The zero-order chi connectivity index (χ0) is 18.3. The maximum atomic E-state index is 13.6. The van der Waals surface area contributed by atoms with E-state index in [0.717, 1.165) is 30.9 Å². The summed E-state index contributed by atoms with van der Waals surface area (Å²) >= 11 is 0. The summed E-state index contributed by atoms with van der Waals surface area (Å²) in [5, 5.41) is 7.20. The van der Waals surface area contributed by atoms with Crippen LogP contribution in [0.25, 0.3) is 10.9 Å². The van der Waals surface area contributed by atoms with Crippen LogP contribution in [0.3, 0.4) is 0 Å². The van der Waals surface area contributed by atoms with E-state index in [9.17, 15) is 14.0 Å². The molecule has 4 rings (SSSR count). The van der Waals surface area contributed by atoms with Gasteiger partial charge in [0.15, 0.2) is 5.69 Å². The zero-order valence-corrected chi connectivity index (χ0v) is 14.3. The summed E-state index contributed by atoms with van der Waals surface area (Å²) in [5.74, 6) is -1.05. The molecule has 6 heteroatoms. The van der Waals surface area contributed by atoms with E-state index < -0.39 is 17.2 Å². The number of carbonyl (C=O) groups excluding carboxylic acids is 1. The van der Waals surface area contributed by atoms with Gasteiger partial charge >= 0.3 is 0 Å². The van der Waals surface area contributed by atoms with Crippen molar-refractivity contribution in [2.45, 2.75) is 25.3 Å². The minimum Gasteiger partial charge on any atom is -0.344 e. The first-order valence-corrected chi connectivity index (χ1v) is 8.60. The molecule has 5 nitrogen and oxygen atoms in total. The van der Waals surface area contributed by atoms with Crippen LogP contribution < -0.4 is 10.7 Å². The van der Waals surface area contributed by atoms with E-state index in [1.807, 2.05) is 18.2 Å². The molecule has 0 aliphatic heterocycles. The Bertz CT molecular complexity index is 1070. The molecule has 2 aromatic carbocycles. The quantitative estimate of drug-likeness (QED) is 0.772. The van der Waals surface area contributed by atoms with Crippen LogP contribution in [0.1, 0.15) is 40.5 Å². The van der Waals surface area contributed by atoms with Gasteiger partial charge in [-0.05, 0) is 48.6 Å². The molecule has 3 aromatic rings. The number of nitrogens with zero attached hydrogens (tertiary/aromatic N) is 2. The average Bonchev–Trinajstić information content (AvgIpc) is 2.65. The van der Waals surface area contributed by atoms with Gasteiger partial charge in [0.1, 0.15) is 5.82 Å². The van der Waals surface area contributed by atoms with Gasteiger partial charge in [0.2, 0.25) is 5.43 Å². The van der Waals surface area contributed by atoms with Gasteiger partial charge in [-0.1, -0.05) is 24.3 Å². The van der Waals surface area contributed by atoms with E-state index >= 15 is 0 Å². The highest BCUT2D eigenvalue weighted by Gasteiger charge is 2.24. The molecule has 1 heterocycles. The molecule has 1 amide bonds.